The van der Waals surface area contributed by atoms with Crippen LogP contribution in [0.2, 0.25) is 0 Å². The fraction of sp³-hybridized carbons (Fsp3) is 0.882. The number of hydrogen-bond donors (Lipinski definition) is 2. The van der Waals surface area contributed by atoms with Gasteiger partial charge in [0, 0.05) is 6.04 Å². The molecule has 114 valence electrons. The summed E-state index contributed by atoms with van der Waals surface area (Å²) in [5.41, 5.74) is 2.98. The zero-order valence-corrected chi connectivity index (χ0v) is 13.1. The van der Waals surface area contributed by atoms with Crippen LogP contribution in [0.5, 0.6) is 0 Å². The smallest absolute Gasteiger partial charge is 0.0210 e. The van der Waals surface area contributed by atoms with Crippen molar-refractivity contribution in [2.45, 2.75) is 96.4 Å². The van der Waals surface area contributed by atoms with Crippen molar-refractivity contribution in [2.24, 2.45) is 5.84 Å². The standard InChI is InChI=1S/C17H36N2/c1-3-5-7-9-10-12-14-16-17(19-18)15-13-11-8-6-4-2/h4,17,19H,2-3,5-16,18H2,1H3. The largest absolute Gasteiger partial charge is 0.271 e. The molecule has 2 nitrogen and oxygen atoms in total. The minimum absolute atomic E-state index is 0.527. The Morgan fingerprint density at radius 1 is 0.895 bits per heavy atom. The number of nitrogens with one attached hydrogen (secondary N) is 1. The third kappa shape index (κ3) is 13.9. The van der Waals surface area contributed by atoms with Crippen LogP contribution in [0.4, 0.5) is 0 Å². The lowest BCUT2D eigenvalue weighted by Crippen LogP contribution is -2.34. The van der Waals surface area contributed by atoms with Crippen LogP contribution in [0.15, 0.2) is 12.7 Å². The molecule has 0 amide bonds. The van der Waals surface area contributed by atoms with Crippen molar-refractivity contribution in [2.75, 3.05) is 0 Å². The summed E-state index contributed by atoms with van der Waals surface area (Å²) < 4.78 is 0. The van der Waals surface area contributed by atoms with E-state index in [1.165, 1.54) is 77.0 Å². The molecule has 0 radical (unpaired) electrons. The highest BCUT2D eigenvalue weighted by Crippen LogP contribution is 2.13. The van der Waals surface area contributed by atoms with Gasteiger partial charge in [0.15, 0.2) is 0 Å². The molecule has 0 spiro atoms. The van der Waals surface area contributed by atoms with Gasteiger partial charge in [0.2, 0.25) is 0 Å². The number of allylic oxidation sites excluding steroid dienone is 1. The summed E-state index contributed by atoms with van der Waals surface area (Å²) in [5, 5.41) is 0. The van der Waals surface area contributed by atoms with Gasteiger partial charge in [0.25, 0.3) is 0 Å². The Labute approximate surface area is 121 Å². The topological polar surface area (TPSA) is 38.0 Å². The number of rotatable bonds is 15. The molecule has 0 saturated heterocycles. The summed E-state index contributed by atoms with van der Waals surface area (Å²) in [7, 11) is 0. The first kappa shape index (κ1) is 18.7. The quantitative estimate of drug-likeness (QED) is 0.188. The van der Waals surface area contributed by atoms with Gasteiger partial charge < -0.3 is 0 Å². The van der Waals surface area contributed by atoms with Crippen LogP contribution in [0.3, 0.4) is 0 Å². The first-order chi connectivity index (χ1) is 9.35. The molecule has 3 N–H and O–H groups in total. The van der Waals surface area contributed by atoms with Gasteiger partial charge in [0.1, 0.15) is 0 Å². The summed E-state index contributed by atoms with van der Waals surface area (Å²) in [6, 6.07) is 0.527. The van der Waals surface area contributed by atoms with E-state index in [-0.39, 0.29) is 0 Å². The molecular weight excluding hydrogens is 232 g/mol. The lowest BCUT2D eigenvalue weighted by Gasteiger charge is -2.15. The Morgan fingerprint density at radius 3 is 1.95 bits per heavy atom. The minimum atomic E-state index is 0.527. The Hall–Kier alpha value is -0.340. The van der Waals surface area contributed by atoms with E-state index in [1.807, 2.05) is 6.08 Å². The zero-order valence-electron chi connectivity index (χ0n) is 13.1. The average molecular weight is 268 g/mol. The Morgan fingerprint density at radius 2 is 1.42 bits per heavy atom. The minimum Gasteiger partial charge on any atom is -0.271 e. The maximum atomic E-state index is 5.63. The summed E-state index contributed by atoms with van der Waals surface area (Å²) in [5.74, 6) is 5.63. The van der Waals surface area contributed by atoms with Gasteiger partial charge in [-0.3, -0.25) is 11.3 Å². The van der Waals surface area contributed by atoms with Crippen LogP contribution in [0.25, 0.3) is 0 Å². The maximum absolute atomic E-state index is 5.63. The second-order valence-electron chi connectivity index (χ2n) is 5.70. The van der Waals surface area contributed by atoms with E-state index in [0.29, 0.717) is 6.04 Å². The predicted octanol–water partition coefficient (Wildman–Crippen LogP) is 5.10. The van der Waals surface area contributed by atoms with E-state index in [4.69, 9.17) is 5.84 Å². The molecule has 0 aliphatic rings. The van der Waals surface area contributed by atoms with Crippen LogP contribution in [-0.4, -0.2) is 6.04 Å². The van der Waals surface area contributed by atoms with Crippen molar-refractivity contribution in [1.82, 2.24) is 5.43 Å². The van der Waals surface area contributed by atoms with Gasteiger partial charge in [-0.15, -0.1) is 6.58 Å². The SMILES string of the molecule is C=CCCCCCC(CCCCCCCCC)NN. The molecule has 19 heavy (non-hydrogen) atoms. The van der Waals surface area contributed by atoms with Crippen LogP contribution in [0.1, 0.15) is 90.4 Å². The Balaban J connectivity index is 3.31. The van der Waals surface area contributed by atoms with Crippen molar-refractivity contribution in [1.29, 1.82) is 0 Å². The highest BCUT2D eigenvalue weighted by atomic mass is 15.2. The molecule has 2 heteroatoms. The van der Waals surface area contributed by atoms with Crippen LogP contribution >= 0.6 is 0 Å². The lowest BCUT2D eigenvalue weighted by atomic mass is 10.0. The summed E-state index contributed by atoms with van der Waals surface area (Å²) in [6.45, 7) is 6.02. The van der Waals surface area contributed by atoms with Crippen molar-refractivity contribution in [3.8, 4) is 0 Å². The molecule has 1 atom stereocenters. The fourth-order valence-electron chi connectivity index (χ4n) is 2.52. The lowest BCUT2D eigenvalue weighted by molar-refractivity contribution is 0.421. The molecule has 0 aromatic rings. The molecule has 0 fully saturated rings. The summed E-state index contributed by atoms with van der Waals surface area (Å²) in [6.07, 6.45) is 19.2. The van der Waals surface area contributed by atoms with Gasteiger partial charge in [-0.2, -0.15) is 0 Å². The van der Waals surface area contributed by atoms with Crippen molar-refractivity contribution in [3.05, 3.63) is 12.7 Å². The molecule has 0 aliphatic heterocycles. The van der Waals surface area contributed by atoms with E-state index >= 15 is 0 Å². The Bertz CT molecular complexity index is 180. The molecule has 0 aromatic carbocycles. The molecule has 1 unspecified atom stereocenters. The van der Waals surface area contributed by atoms with Crippen LogP contribution in [0, 0.1) is 0 Å². The number of nitrogens with two attached hydrogens (primary N) is 1. The van der Waals surface area contributed by atoms with Crippen LogP contribution < -0.4 is 11.3 Å². The summed E-state index contributed by atoms with van der Waals surface area (Å²) in [4.78, 5) is 0. The molecule has 0 aromatic heterocycles. The van der Waals surface area contributed by atoms with E-state index in [1.54, 1.807) is 0 Å². The van der Waals surface area contributed by atoms with Gasteiger partial charge in [-0.25, -0.2) is 0 Å². The highest BCUT2D eigenvalue weighted by Gasteiger charge is 2.05. The molecule has 0 rings (SSSR count). The highest BCUT2D eigenvalue weighted by molar-refractivity contribution is 4.67. The normalized spacial score (nSPS) is 12.5. The molecule has 0 aliphatic carbocycles. The number of unbranched alkanes of at least 4 members (excludes halogenated alkanes) is 9. The number of hydrogen-bond acceptors (Lipinski definition) is 2. The molecule has 0 bridgehead atoms. The van der Waals surface area contributed by atoms with Crippen molar-refractivity contribution < 1.29 is 0 Å². The van der Waals surface area contributed by atoms with Gasteiger partial charge in [-0.1, -0.05) is 70.8 Å². The van der Waals surface area contributed by atoms with Crippen molar-refractivity contribution in [3.63, 3.8) is 0 Å². The molecule has 0 saturated carbocycles. The fourth-order valence-corrected chi connectivity index (χ4v) is 2.52. The predicted molar refractivity (Wildman–Crippen MR) is 87.0 cm³/mol. The molecule has 0 heterocycles. The van der Waals surface area contributed by atoms with E-state index in [2.05, 4.69) is 18.9 Å². The third-order valence-corrected chi connectivity index (χ3v) is 3.85. The summed E-state index contributed by atoms with van der Waals surface area (Å²) >= 11 is 0. The van der Waals surface area contributed by atoms with Gasteiger partial charge in [-0.05, 0) is 25.7 Å². The van der Waals surface area contributed by atoms with Crippen molar-refractivity contribution >= 4 is 0 Å². The Kier molecular flexibility index (Phi) is 15.4. The second kappa shape index (κ2) is 15.7. The van der Waals surface area contributed by atoms with Crippen LogP contribution in [-0.2, 0) is 0 Å². The monoisotopic (exact) mass is 268 g/mol. The van der Waals surface area contributed by atoms with E-state index in [0.717, 1.165) is 6.42 Å². The van der Waals surface area contributed by atoms with E-state index < -0.39 is 0 Å². The van der Waals surface area contributed by atoms with Gasteiger partial charge in [0.05, 0.1) is 0 Å². The van der Waals surface area contributed by atoms with E-state index in [9.17, 15) is 0 Å². The first-order valence-electron chi connectivity index (χ1n) is 8.42. The third-order valence-electron chi connectivity index (χ3n) is 3.85. The number of hydrazine groups is 1. The second-order valence-corrected chi connectivity index (χ2v) is 5.70. The first-order valence-corrected chi connectivity index (χ1v) is 8.42. The van der Waals surface area contributed by atoms with Gasteiger partial charge >= 0.3 is 0 Å². The average Bonchev–Trinajstić information content (AvgIpc) is 2.44. The molecular formula is C17H36N2. The maximum Gasteiger partial charge on any atom is 0.0210 e. The zero-order chi connectivity index (χ0) is 14.2.